The molecule has 0 saturated heterocycles. The number of nitrogens with zero attached hydrogens (tertiary/aromatic N) is 4. The summed E-state index contributed by atoms with van der Waals surface area (Å²) < 4.78 is 2.37. The van der Waals surface area contributed by atoms with Crippen molar-refractivity contribution in [3.8, 4) is 34.0 Å². The molecule has 0 atom stereocenters. The molecule has 3 aromatic heterocycles. The first kappa shape index (κ1) is 29.9. The van der Waals surface area contributed by atoms with Crippen LogP contribution in [0.5, 0.6) is 0 Å². The van der Waals surface area contributed by atoms with E-state index < -0.39 is 0 Å². The van der Waals surface area contributed by atoms with Crippen LogP contribution in [0.15, 0.2) is 170 Å². The zero-order valence-electron chi connectivity index (χ0n) is 29.5. The van der Waals surface area contributed by atoms with Gasteiger partial charge in [-0.15, -0.1) is 0 Å². The van der Waals surface area contributed by atoms with Gasteiger partial charge in [-0.25, -0.2) is 0 Å². The van der Waals surface area contributed by atoms with E-state index in [2.05, 4.69) is 150 Å². The molecule has 0 spiro atoms. The van der Waals surface area contributed by atoms with Crippen LogP contribution < -0.4 is 0 Å². The lowest BCUT2D eigenvalue weighted by Crippen LogP contribution is -1.98. The number of rotatable bonds is 3. The Morgan fingerprint density at radius 1 is 0.418 bits per heavy atom. The maximum absolute atomic E-state index is 10.3. The highest BCUT2D eigenvalue weighted by Gasteiger charge is 2.24. The highest BCUT2D eigenvalue weighted by atomic mass is 15.0. The minimum Gasteiger partial charge on any atom is -0.308 e. The van der Waals surface area contributed by atoms with Gasteiger partial charge in [-0.3, -0.25) is 9.97 Å². The SMILES string of the molecule is N#Cc1ccc2c3c1ccc1c(-c4c5ccccc5c(-c5cccc6ccccc56)c5ccccc45)ccc(c13)n2-c1cc2cccnc2c2ncccc12. The van der Waals surface area contributed by atoms with Gasteiger partial charge < -0.3 is 4.57 Å². The molecule has 3 heterocycles. The number of nitriles is 1. The van der Waals surface area contributed by atoms with Crippen molar-refractivity contribution in [1.82, 2.24) is 14.5 Å². The van der Waals surface area contributed by atoms with Gasteiger partial charge in [0.25, 0.3) is 0 Å². The smallest absolute Gasteiger partial charge is 0.0998 e. The van der Waals surface area contributed by atoms with E-state index in [1.54, 1.807) is 0 Å². The molecular formula is C51H28N4. The van der Waals surface area contributed by atoms with Gasteiger partial charge in [-0.05, 0) is 102 Å². The summed E-state index contributed by atoms with van der Waals surface area (Å²) in [6.45, 7) is 0. The first-order valence-corrected chi connectivity index (χ1v) is 18.6. The van der Waals surface area contributed by atoms with Crippen molar-refractivity contribution in [2.45, 2.75) is 0 Å². The van der Waals surface area contributed by atoms with E-state index in [1.165, 1.54) is 54.6 Å². The molecule has 12 aromatic rings. The zero-order chi connectivity index (χ0) is 36.2. The molecule has 9 aromatic carbocycles. The molecule has 252 valence electrons. The highest BCUT2D eigenvalue weighted by Crippen LogP contribution is 2.49. The molecule has 0 N–H and O–H groups in total. The Balaban J connectivity index is 1.23. The second-order valence-electron chi connectivity index (χ2n) is 14.4. The molecule has 0 saturated carbocycles. The Morgan fingerprint density at radius 3 is 1.69 bits per heavy atom. The summed E-state index contributed by atoms with van der Waals surface area (Å²) in [7, 11) is 0. The van der Waals surface area contributed by atoms with Crippen LogP contribution in [-0.2, 0) is 0 Å². The van der Waals surface area contributed by atoms with Gasteiger partial charge in [0.15, 0.2) is 0 Å². The summed E-state index contributed by atoms with van der Waals surface area (Å²) in [5, 5.41) is 24.1. The topological polar surface area (TPSA) is 54.5 Å². The maximum Gasteiger partial charge on any atom is 0.0998 e. The third-order valence-corrected chi connectivity index (χ3v) is 11.7. The fraction of sp³-hybridized carbons (Fsp3) is 0. The third kappa shape index (κ3) is 4.04. The van der Waals surface area contributed by atoms with Crippen molar-refractivity contribution >= 4 is 86.7 Å². The predicted molar refractivity (Wildman–Crippen MR) is 228 cm³/mol. The molecule has 4 nitrogen and oxygen atoms in total. The summed E-state index contributed by atoms with van der Waals surface area (Å²) in [4.78, 5) is 9.58. The number of aromatic nitrogens is 3. The van der Waals surface area contributed by atoms with Crippen LogP contribution in [0.25, 0.3) is 115 Å². The average Bonchev–Trinajstić information content (AvgIpc) is 3.59. The van der Waals surface area contributed by atoms with Crippen LogP contribution in [0.3, 0.4) is 0 Å². The molecule has 0 aliphatic rings. The Bertz CT molecular complexity index is 3560. The van der Waals surface area contributed by atoms with Gasteiger partial charge in [0.2, 0.25) is 0 Å². The van der Waals surface area contributed by atoms with E-state index in [4.69, 9.17) is 9.97 Å². The Morgan fingerprint density at radius 2 is 0.964 bits per heavy atom. The number of pyridine rings is 2. The summed E-state index contributed by atoms with van der Waals surface area (Å²) in [6.07, 6.45) is 3.67. The van der Waals surface area contributed by atoms with E-state index in [-0.39, 0.29) is 0 Å². The summed E-state index contributed by atoms with van der Waals surface area (Å²) in [6, 6.07) is 59.0. The molecule has 4 heteroatoms. The first-order chi connectivity index (χ1) is 27.3. The molecule has 55 heavy (non-hydrogen) atoms. The van der Waals surface area contributed by atoms with Gasteiger partial charge in [-0.1, -0.05) is 115 Å². The minimum atomic E-state index is 0.670. The van der Waals surface area contributed by atoms with Crippen LogP contribution in [0, 0.1) is 11.3 Å². The largest absolute Gasteiger partial charge is 0.308 e. The fourth-order valence-electron chi connectivity index (χ4n) is 9.43. The number of hydrogen-bond acceptors (Lipinski definition) is 3. The van der Waals surface area contributed by atoms with Crippen molar-refractivity contribution < 1.29 is 0 Å². The molecule has 0 amide bonds. The van der Waals surface area contributed by atoms with Crippen LogP contribution in [0.1, 0.15) is 5.56 Å². The van der Waals surface area contributed by atoms with Crippen molar-refractivity contribution in [3.63, 3.8) is 0 Å². The lowest BCUT2D eigenvalue weighted by molar-refractivity contribution is 1.20. The number of benzene rings is 9. The number of fused-ring (bicyclic) bond motifs is 6. The van der Waals surface area contributed by atoms with Gasteiger partial charge in [0.05, 0.1) is 39.4 Å². The lowest BCUT2D eigenvalue weighted by atomic mass is 9.83. The summed E-state index contributed by atoms with van der Waals surface area (Å²) >= 11 is 0. The second-order valence-corrected chi connectivity index (χ2v) is 14.4. The van der Waals surface area contributed by atoms with Crippen LogP contribution in [-0.4, -0.2) is 14.5 Å². The molecular weight excluding hydrogens is 669 g/mol. The molecule has 0 fully saturated rings. The minimum absolute atomic E-state index is 0.670. The second kappa shape index (κ2) is 11.2. The highest BCUT2D eigenvalue weighted by molar-refractivity contribution is 6.31. The zero-order valence-corrected chi connectivity index (χ0v) is 29.5. The number of hydrogen-bond donors (Lipinski definition) is 0. The van der Waals surface area contributed by atoms with Crippen molar-refractivity contribution in [1.29, 1.82) is 5.26 Å². The molecule has 12 rings (SSSR count). The van der Waals surface area contributed by atoms with Gasteiger partial charge in [0, 0.05) is 39.3 Å². The summed E-state index contributed by atoms with van der Waals surface area (Å²) in [5.74, 6) is 0. The first-order valence-electron chi connectivity index (χ1n) is 18.6. The van der Waals surface area contributed by atoms with Crippen molar-refractivity contribution in [2.75, 3.05) is 0 Å². The van der Waals surface area contributed by atoms with E-state index in [9.17, 15) is 5.26 Å². The van der Waals surface area contributed by atoms with Gasteiger partial charge in [-0.2, -0.15) is 5.26 Å². The summed E-state index contributed by atoms with van der Waals surface area (Å²) in [5.41, 5.74) is 10.5. The third-order valence-electron chi connectivity index (χ3n) is 11.7. The Kier molecular flexibility index (Phi) is 6.09. The lowest BCUT2D eigenvalue weighted by Gasteiger charge is -2.20. The predicted octanol–water partition coefficient (Wildman–Crippen LogP) is 13.1. The quantitative estimate of drug-likeness (QED) is 0.136. The molecule has 0 bridgehead atoms. The van der Waals surface area contributed by atoms with E-state index in [0.29, 0.717) is 5.56 Å². The van der Waals surface area contributed by atoms with Crippen LogP contribution in [0.4, 0.5) is 0 Å². The van der Waals surface area contributed by atoms with E-state index in [1.807, 2.05) is 30.6 Å². The maximum atomic E-state index is 10.3. The standard InChI is InChI=1S/C51H28N4/c52-29-32-20-24-43-48-34(32)21-22-41-40(23-25-44(49(41)48)55(43)45-28-31-12-8-26-53-50(31)51-42(45)19-9-27-54-51)47-38-16-5-3-14-36(38)46(37-15-4-6-17-39(37)47)35-18-7-11-30-10-1-2-13-33(30)35/h1-28H. The Hall–Kier alpha value is -7.61. The van der Waals surface area contributed by atoms with Gasteiger partial charge in [0.1, 0.15) is 0 Å². The average molecular weight is 697 g/mol. The monoisotopic (exact) mass is 696 g/mol. The van der Waals surface area contributed by atoms with Crippen LogP contribution >= 0.6 is 0 Å². The van der Waals surface area contributed by atoms with Crippen molar-refractivity contribution in [2.24, 2.45) is 0 Å². The molecule has 0 radical (unpaired) electrons. The Labute approximate surface area is 315 Å². The normalized spacial score (nSPS) is 12.0. The van der Waals surface area contributed by atoms with E-state index >= 15 is 0 Å². The fourth-order valence-corrected chi connectivity index (χ4v) is 9.43. The van der Waals surface area contributed by atoms with Gasteiger partial charge >= 0.3 is 0 Å². The van der Waals surface area contributed by atoms with Crippen LogP contribution in [0.2, 0.25) is 0 Å². The van der Waals surface area contributed by atoms with Crippen molar-refractivity contribution in [3.05, 3.63) is 176 Å². The molecule has 0 unspecified atom stereocenters. The van der Waals surface area contributed by atoms with E-state index in [0.717, 1.165) is 60.1 Å². The molecule has 0 aliphatic heterocycles. The molecule has 0 aliphatic carbocycles.